The Morgan fingerprint density at radius 3 is 2.74 bits per heavy atom. The van der Waals surface area contributed by atoms with Gasteiger partial charge in [0, 0.05) is 18.5 Å². The van der Waals surface area contributed by atoms with Crippen molar-refractivity contribution in [3.63, 3.8) is 0 Å². The van der Waals surface area contributed by atoms with Crippen LogP contribution in [0.5, 0.6) is 5.75 Å². The van der Waals surface area contributed by atoms with Crippen LogP contribution in [0.25, 0.3) is 10.8 Å². The van der Waals surface area contributed by atoms with Crippen molar-refractivity contribution in [2.24, 2.45) is 0 Å². The van der Waals surface area contributed by atoms with E-state index in [9.17, 15) is 4.79 Å². The molecule has 0 aliphatic rings. The molecular formula is C16H19NO2. The molecule has 0 spiro atoms. The Kier molecular flexibility index (Phi) is 4.39. The number of hydrogen-bond donors (Lipinski definition) is 1. The molecule has 2 aromatic rings. The number of benzene rings is 2. The minimum absolute atomic E-state index is 0.0826. The number of carbonyl (C=O) groups excluding carboxylic acids is 1. The van der Waals surface area contributed by atoms with E-state index in [1.165, 1.54) is 10.8 Å². The van der Waals surface area contributed by atoms with Gasteiger partial charge in [-0.2, -0.15) is 0 Å². The average molecular weight is 257 g/mol. The predicted octanol–water partition coefficient (Wildman–Crippen LogP) is 2.92. The first-order chi connectivity index (χ1) is 9.26. The number of fused-ring (bicyclic) bond motifs is 1. The molecule has 0 unspecified atom stereocenters. The average Bonchev–Trinajstić information content (AvgIpc) is 2.47. The van der Waals surface area contributed by atoms with Crippen LogP contribution in [0.2, 0.25) is 0 Å². The van der Waals surface area contributed by atoms with Gasteiger partial charge in [0.1, 0.15) is 5.75 Å². The molecule has 3 nitrogen and oxygen atoms in total. The van der Waals surface area contributed by atoms with Crippen LogP contribution in [0, 0.1) is 0 Å². The normalized spacial score (nSPS) is 10.4. The van der Waals surface area contributed by atoms with E-state index in [0.717, 1.165) is 17.7 Å². The molecule has 0 aliphatic carbocycles. The molecule has 0 radical (unpaired) electrons. The van der Waals surface area contributed by atoms with Crippen molar-refractivity contribution in [1.82, 2.24) is 5.32 Å². The molecular weight excluding hydrogens is 238 g/mol. The number of rotatable bonds is 5. The summed E-state index contributed by atoms with van der Waals surface area (Å²) < 4.78 is 5.42. The van der Waals surface area contributed by atoms with Gasteiger partial charge in [0.2, 0.25) is 5.91 Å². The smallest absolute Gasteiger partial charge is 0.219 e. The Hall–Kier alpha value is -2.03. The molecule has 1 amide bonds. The Bertz CT molecular complexity index is 578. The van der Waals surface area contributed by atoms with Gasteiger partial charge in [-0.3, -0.25) is 4.79 Å². The van der Waals surface area contributed by atoms with Crippen LogP contribution >= 0.6 is 0 Å². The maximum absolute atomic E-state index is 11.3. The van der Waals surface area contributed by atoms with Crippen molar-refractivity contribution >= 4 is 16.7 Å². The van der Waals surface area contributed by atoms with Gasteiger partial charge in [-0.05, 0) is 23.3 Å². The van der Waals surface area contributed by atoms with Crippen molar-refractivity contribution in [2.45, 2.75) is 19.8 Å². The highest BCUT2D eigenvalue weighted by Crippen LogP contribution is 2.28. The third kappa shape index (κ3) is 3.05. The summed E-state index contributed by atoms with van der Waals surface area (Å²) in [5.74, 6) is 0.962. The SMILES string of the molecule is CCC(=O)NCCc1c(OC)ccc2ccccc12. The Morgan fingerprint density at radius 1 is 1.21 bits per heavy atom. The molecule has 19 heavy (non-hydrogen) atoms. The Morgan fingerprint density at radius 2 is 2.00 bits per heavy atom. The second kappa shape index (κ2) is 6.23. The molecule has 0 heterocycles. The zero-order valence-electron chi connectivity index (χ0n) is 11.4. The summed E-state index contributed by atoms with van der Waals surface area (Å²) >= 11 is 0. The highest BCUT2D eigenvalue weighted by atomic mass is 16.5. The Labute approximate surface area is 113 Å². The monoisotopic (exact) mass is 257 g/mol. The molecule has 0 atom stereocenters. The summed E-state index contributed by atoms with van der Waals surface area (Å²) in [5.41, 5.74) is 1.15. The van der Waals surface area contributed by atoms with E-state index in [4.69, 9.17) is 4.74 Å². The molecule has 0 fully saturated rings. The quantitative estimate of drug-likeness (QED) is 0.894. The standard InChI is InChI=1S/C16H19NO2/c1-3-16(18)17-11-10-14-13-7-5-4-6-12(13)8-9-15(14)19-2/h4-9H,3,10-11H2,1-2H3,(H,17,18). The third-order valence-electron chi connectivity index (χ3n) is 3.24. The molecule has 0 aromatic heterocycles. The maximum atomic E-state index is 11.3. The van der Waals surface area contributed by atoms with E-state index in [1.807, 2.05) is 25.1 Å². The Balaban J connectivity index is 2.26. The van der Waals surface area contributed by atoms with Gasteiger partial charge in [-0.15, -0.1) is 0 Å². The van der Waals surface area contributed by atoms with Crippen LogP contribution in [0.1, 0.15) is 18.9 Å². The fraction of sp³-hybridized carbons (Fsp3) is 0.312. The molecule has 2 rings (SSSR count). The lowest BCUT2D eigenvalue weighted by Gasteiger charge is -2.12. The van der Waals surface area contributed by atoms with Gasteiger partial charge in [0.25, 0.3) is 0 Å². The van der Waals surface area contributed by atoms with E-state index in [2.05, 4.69) is 23.5 Å². The van der Waals surface area contributed by atoms with Crippen LogP contribution in [0.3, 0.4) is 0 Å². The molecule has 2 aromatic carbocycles. The number of ether oxygens (including phenoxy) is 1. The lowest BCUT2D eigenvalue weighted by molar-refractivity contribution is -0.120. The van der Waals surface area contributed by atoms with Crippen molar-refractivity contribution in [2.75, 3.05) is 13.7 Å². The molecule has 100 valence electrons. The molecule has 3 heteroatoms. The minimum atomic E-state index is 0.0826. The number of nitrogens with one attached hydrogen (secondary N) is 1. The molecule has 0 bridgehead atoms. The molecule has 1 N–H and O–H groups in total. The highest BCUT2D eigenvalue weighted by molar-refractivity contribution is 5.87. The van der Waals surface area contributed by atoms with Gasteiger partial charge in [-0.25, -0.2) is 0 Å². The summed E-state index contributed by atoms with van der Waals surface area (Å²) in [4.78, 5) is 11.3. The van der Waals surface area contributed by atoms with Gasteiger partial charge in [0.05, 0.1) is 7.11 Å². The van der Waals surface area contributed by atoms with E-state index < -0.39 is 0 Å². The predicted molar refractivity (Wildman–Crippen MR) is 77.5 cm³/mol. The molecule has 0 aliphatic heterocycles. The summed E-state index contributed by atoms with van der Waals surface area (Å²) in [6.45, 7) is 2.49. The van der Waals surface area contributed by atoms with Gasteiger partial charge in [-0.1, -0.05) is 37.3 Å². The molecule has 0 saturated carbocycles. The summed E-state index contributed by atoms with van der Waals surface area (Å²) in [6, 6.07) is 12.3. The van der Waals surface area contributed by atoms with Gasteiger partial charge >= 0.3 is 0 Å². The fourth-order valence-corrected chi connectivity index (χ4v) is 2.22. The first-order valence-corrected chi connectivity index (χ1v) is 6.57. The van der Waals surface area contributed by atoms with Crippen LogP contribution < -0.4 is 10.1 Å². The largest absolute Gasteiger partial charge is 0.496 e. The second-order valence-electron chi connectivity index (χ2n) is 4.42. The third-order valence-corrected chi connectivity index (χ3v) is 3.24. The van der Waals surface area contributed by atoms with E-state index >= 15 is 0 Å². The van der Waals surface area contributed by atoms with Crippen molar-refractivity contribution in [3.8, 4) is 5.75 Å². The van der Waals surface area contributed by atoms with Gasteiger partial charge in [0.15, 0.2) is 0 Å². The zero-order valence-corrected chi connectivity index (χ0v) is 11.4. The maximum Gasteiger partial charge on any atom is 0.219 e. The van der Waals surface area contributed by atoms with E-state index in [0.29, 0.717) is 13.0 Å². The lowest BCUT2D eigenvalue weighted by Crippen LogP contribution is -2.24. The summed E-state index contributed by atoms with van der Waals surface area (Å²) in [7, 11) is 1.68. The topological polar surface area (TPSA) is 38.3 Å². The number of carbonyl (C=O) groups is 1. The zero-order chi connectivity index (χ0) is 13.7. The second-order valence-corrected chi connectivity index (χ2v) is 4.42. The van der Waals surface area contributed by atoms with Crippen LogP contribution in [-0.2, 0) is 11.2 Å². The van der Waals surface area contributed by atoms with Crippen LogP contribution in [0.4, 0.5) is 0 Å². The van der Waals surface area contributed by atoms with Crippen molar-refractivity contribution in [1.29, 1.82) is 0 Å². The van der Waals surface area contributed by atoms with Crippen molar-refractivity contribution in [3.05, 3.63) is 42.0 Å². The first-order valence-electron chi connectivity index (χ1n) is 6.57. The van der Waals surface area contributed by atoms with Crippen molar-refractivity contribution < 1.29 is 9.53 Å². The first kappa shape index (κ1) is 13.4. The summed E-state index contributed by atoms with van der Waals surface area (Å²) in [5, 5.41) is 5.28. The highest BCUT2D eigenvalue weighted by Gasteiger charge is 2.08. The van der Waals surface area contributed by atoms with Crippen LogP contribution in [0.15, 0.2) is 36.4 Å². The van der Waals surface area contributed by atoms with Gasteiger partial charge < -0.3 is 10.1 Å². The number of hydrogen-bond acceptors (Lipinski definition) is 2. The number of methoxy groups -OCH3 is 1. The lowest BCUT2D eigenvalue weighted by atomic mass is 10.0. The fourth-order valence-electron chi connectivity index (χ4n) is 2.22. The number of amides is 1. The van der Waals surface area contributed by atoms with E-state index in [-0.39, 0.29) is 5.91 Å². The molecule has 0 saturated heterocycles. The van der Waals surface area contributed by atoms with Crippen LogP contribution in [-0.4, -0.2) is 19.6 Å². The minimum Gasteiger partial charge on any atom is -0.496 e. The summed E-state index contributed by atoms with van der Waals surface area (Å²) in [6.07, 6.45) is 1.29. The van der Waals surface area contributed by atoms with E-state index in [1.54, 1.807) is 7.11 Å².